The summed E-state index contributed by atoms with van der Waals surface area (Å²) in [4.78, 5) is 29.6. The van der Waals surface area contributed by atoms with Crippen LogP contribution in [-0.4, -0.2) is 51.7 Å². The molecule has 7 heteroatoms. The van der Waals surface area contributed by atoms with Crippen molar-refractivity contribution < 1.29 is 14.3 Å². The predicted molar refractivity (Wildman–Crippen MR) is 88.1 cm³/mol. The van der Waals surface area contributed by atoms with E-state index in [9.17, 15) is 9.59 Å². The topological polar surface area (TPSA) is 76.5 Å². The van der Waals surface area contributed by atoms with E-state index in [-0.39, 0.29) is 12.5 Å². The molecular weight excluding hydrogens is 296 g/mol. The summed E-state index contributed by atoms with van der Waals surface area (Å²) in [7, 11) is 0. The molecule has 0 saturated heterocycles. The SMILES string of the molecule is CCN(CC)C(=O)Cn1cncc1CCNC(=O)OC(C)(C)C. The molecule has 7 nitrogen and oxygen atoms in total. The summed E-state index contributed by atoms with van der Waals surface area (Å²) in [6, 6.07) is 0. The van der Waals surface area contributed by atoms with E-state index in [1.165, 1.54) is 0 Å². The largest absolute Gasteiger partial charge is 0.444 e. The van der Waals surface area contributed by atoms with Crippen LogP contribution in [0.3, 0.4) is 0 Å². The summed E-state index contributed by atoms with van der Waals surface area (Å²) in [6.07, 6.45) is 3.50. The van der Waals surface area contributed by atoms with Gasteiger partial charge in [0.2, 0.25) is 5.91 Å². The highest BCUT2D eigenvalue weighted by atomic mass is 16.6. The van der Waals surface area contributed by atoms with Crippen LogP contribution in [0, 0.1) is 0 Å². The Labute approximate surface area is 138 Å². The minimum atomic E-state index is -0.512. The highest BCUT2D eigenvalue weighted by Gasteiger charge is 2.16. The molecule has 23 heavy (non-hydrogen) atoms. The Kier molecular flexibility index (Phi) is 7.06. The van der Waals surface area contributed by atoms with Gasteiger partial charge in [0.15, 0.2) is 0 Å². The number of nitrogens with one attached hydrogen (secondary N) is 1. The van der Waals surface area contributed by atoms with E-state index in [0.29, 0.717) is 26.1 Å². The number of amides is 2. The first-order valence-corrected chi connectivity index (χ1v) is 8.00. The quantitative estimate of drug-likeness (QED) is 0.830. The lowest BCUT2D eigenvalue weighted by atomic mass is 10.2. The van der Waals surface area contributed by atoms with Crippen LogP contribution < -0.4 is 5.32 Å². The van der Waals surface area contributed by atoms with E-state index in [1.54, 1.807) is 17.4 Å². The van der Waals surface area contributed by atoms with Crippen LogP contribution in [-0.2, 0) is 22.5 Å². The van der Waals surface area contributed by atoms with Crippen molar-refractivity contribution in [3.63, 3.8) is 0 Å². The molecular formula is C16H28N4O3. The minimum absolute atomic E-state index is 0.0642. The number of carbonyl (C=O) groups excluding carboxylic acids is 2. The zero-order valence-corrected chi connectivity index (χ0v) is 14.8. The van der Waals surface area contributed by atoms with Gasteiger partial charge < -0.3 is 19.5 Å². The maximum atomic E-state index is 12.2. The summed E-state index contributed by atoms with van der Waals surface area (Å²) < 4.78 is 7.00. The van der Waals surface area contributed by atoms with E-state index >= 15 is 0 Å². The maximum absolute atomic E-state index is 12.2. The summed E-state index contributed by atoms with van der Waals surface area (Å²) >= 11 is 0. The van der Waals surface area contributed by atoms with Gasteiger partial charge >= 0.3 is 6.09 Å². The molecule has 1 N–H and O–H groups in total. The van der Waals surface area contributed by atoms with Crippen LogP contribution in [0.5, 0.6) is 0 Å². The molecule has 0 spiro atoms. The number of aromatic nitrogens is 2. The van der Waals surface area contributed by atoms with Gasteiger partial charge in [0.05, 0.1) is 6.33 Å². The highest BCUT2D eigenvalue weighted by Crippen LogP contribution is 2.07. The molecule has 0 aromatic carbocycles. The van der Waals surface area contributed by atoms with Gasteiger partial charge in [-0.15, -0.1) is 0 Å². The van der Waals surface area contributed by atoms with Crippen molar-refractivity contribution in [1.29, 1.82) is 0 Å². The van der Waals surface area contributed by atoms with Crippen LogP contribution in [0.4, 0.5) is 4.79 Å². The molecule has 0 unspecified atom stereocenters. The third-order valence-electron chi connectivity index (χ3n) is 3.27. The Balaban J connectivity index is 2.49. The Hall–Kier alpha value is -2.05. The average Bonchev–Trinajstić information content (AvgIpc) is 2.85. The normalized spacial score (nSPS) is 11.2. The molecule has 0 bridgehead atoms. The van der Waals surface area contributed by atoms with Crippen molar-refractivity contribution in [2.45, 2.75) is 53.2 Å². The van der Waals surface area contributed by atoms with Gasteiger partial charge in [-0.2, -0.15) is 0 Å². The van der Waals surface area contributed by atoms with Crippen molar-refractivity contribution in [2.75, 3.05) is 19.6 Å². The fourth-order valence-electron chi connectivity index (χ4n) is 2.13. The zero-order chi connectivity index (χ0) is 17.5. The lowest BCUT2D eigenvalue weighted by Crippen LogP contribution is -2.35. The number of ether oxygens (including phenoxy) is 1. The van der Waals surface area contributed by atoms with Crippen molar-refractivity contribution in [3.05, 3.63) is 18.2 Å². The van der Waals surface area contributed by atoms with E-state index in [4.69, 9.17) is 4.74 Å². The Morgan fingerprint density at radius 3 is 2.52 bits per heavy atom. The molecule has 1 aromatic heterocycles. The van der Waals surface area contributed by atoms with Crippen molar-refractivity contribution >= 4 is 12.0 Å². The number of hydrogen-bond acceptors (Lipinski definition) is 4. The molecule has 1 aromatic rings. The molecule has 0 aliphatic carbocycles. The maximum Gasteiger partial charge on any atom is 0.407 e. The second-order valence-electron chi connectivity index (χ2n) is 6.26. The molecule has 0 atom stereocenters. The van der Waals surface area contributed by atoms with Crippen molar-refractivity contribution in [2.24, 2.45) is 0 Å². The lowest BCUT2D eigenvalue weighted by molar-refractivity contribution is -0.131. The molecule has 2 amide bonds. The van der Waals surface area contributed by atoms with E-state index in [1.807, 2.05) is 39.2 Å². The number of hydrogen-bond donors (Lipinski definition) is 1. The van der Waals surface area contributed by atoms with Crippen LogP contribution in [0.2, 0.25) is 0 Å². The van der Waals surface area contributed by atoms with Crippen LogP contribution in [0.1, 0.15) is 40.3 Å². The van der Waals surface area contributed by atoms with Crippen molar-refractivity contribution in [1.82, 2.24) is 19.8 Å². The summed E-state index contributed by atoms with van der Waals surface area (Å²) in [5.41, 5.74) is 0.392. The third-order valence-corrected chi connectivity index (χ3v) is 3.27. The average molecular weight is 324 g/mol. The van der Waals surface area contributed by atoms with Gasteiger partial charge in [0.1, 0.15) is 12.1 Å². The van der Waals surface area contributed by atoms with Crippen molar-refractivity contribution in [3.8, 4) is 0 Å². The monoisotopic (exact) mass is 324 g/mol. The zero-order valence-electron chi connectivity index (χ0n) is 14.8. The van der Waals surface area contributed by atoms with Gasteiger partial charge in [-0.05, 0) is 34.6 Å². The molecule has 0 fully saturated rings. The number of likely N-dealkylation sites (N-methyl/N-ethyl adjacent to an activating group) is 1. The van der Waals surface area contributed by atoms with Gasteiger partial charge in [-0.3, -0.25) is 4.79 Å². The summed E-state index contributed by atoms with van der Waals surface area (Å²) in [6.45, 7) is 11.5. The minimum Gasteiger partial charge on any atom is -0.444 e. The summed E-state index contributed by atoms with van der Waals surface area (Å²) in [5, 5.41) is 2.71. The van der Waals surface area contributed by atoms with E-state index in [0.717, 1.165) is 5.69 Å². The van der Waals surface area contributed by atoms with Gasteiger partial charge in [0, 0.05) is 37.9 Å². The summed E-state index contributed by atoms with van der Waals surface area (Å²) in [5.74, 6) is 0.0642. The van der Waals surface area contributed by atoms with Gasteiger partial charge in [-0.1, -0.05) is 0 Å². The van der Waals surface area contributed by atoms with Crippen LogP contribution in [0.15, 0.2) is 12.5 Å². The Morgan fingerprint density at radius 1 is 1.30 bits per heavy atom. The standard InChI is InChI=1S/C16H28N4O3/c1-6-19(7-2)14(21)11-20-12-17-10-13(20)8-9-18-15(22)23-16(3,4)5/h10,12H,6-9,11H2,1-5H3,(H,18,22). The Bertz CT molecular complexity index is 516. The van der Waals surface area contributed by atoms with Gasteiger partial charge in [0.25, 0.3) is 0 Å². The molecule has 0 saturated carbocycles. The number of imidazole rings is 1. The first kappa shape index (κ1) is 19.0. The molecule has 1 rings (SSSR count). The van der Waals surface area contributed by atoms with E-state index in [2.05, 4.69) is 10.3 Å². The smallest absolute Gasteiger partial charge is 0.407 e. The lowest BCUT2D eigenvalue weighted by Gasteiger charge is -2.20. The number of carbonyl (C=O) groups is 2. The molecule has 130 valence electrons. The molecule has 1 heterocycles. The fourth-order valence-corrected chi connectivity index (χ4v) is 2.13. The predicted octanol–water partition coefficient (Wildman–Crippen LogP) is 1.82. The molecule has 0 aliphatic rings. The van der Waals surface area contributed by atoms with E-state index < -0.39 is 11.7 Å². The number of nitrogens with zero attached hydrogens (tertiary/aromatic N) is 3. The molecule has 0 radical (unpaired) electrons. The van der Waals surface area contributed by atoms with Crippen LogP contribution in [0.25, 0.3) is 0 Å². The fraction of sp³-hybridized carbons (Fsp3) is 0.688. The second-order valence-corrected chi connectivity index (χ2v) is 6.26. The first-order chi connectivity index (χ1) is 10.8. The van der Waals surface area contributed by atoms with Crippen LogP contribution >= 0.6 is 0 Å². The second kappa shape index (κ2) is 8.55. The molecule has 0 aliphatic heterocycles. The highest BCUT2D eigenvalue weighted by molar-refractivity contribution is 5.76. The number of rotatable bonds is 7. The number of alkyl carbamates (subject to hydrolysis) is 1. The Morgan fingerprint density at radius 2 is 1.96 bits per heavy atom. The third kappa shape index (κ3) is 6.71. The first-order valence-electron chi connectivity index (χ1n) is 8.00. The van der Waals surface area contributed by atoms with Gasteiger partial charge in [-0.25, -0.2) is 9.78 Å².